The Morgan fingerprint density at radius 1 is 1.03 bits per heavy atom. The summed E-state index contributed by atoms with van der Waals surface area (Å²) in [5.41, 5.74) is 1.09. The van der Waals surface area contributed by atoms with Crippen molar-refractivity contribution in [1.29, 1.82) is 0 Å². The average Bonchev–Trinajstić information content (AvgIpc) is 3.52. The van der Waals surface area contributed by atoms with Gasteiger partial charge in [0.15, 0.2) is 0 Å². The van der Waals surface area contributed by atoms with Crippen LogP contribution in [0, 0.1) is 12.7 Å². The third-order valence-electron chi connectivity index (χ3n) is 5.89. The first kappa shape index (κ1) is 24.9. The zero-order valence-electron chi connectivity index (χ0n) is 19.8. The maximum atomic E-state index is 14.2. The fraction of sp³-hybridized carbons (Fsp3) is 0.333. The van der Waals surface area contributed by atoms with Gasteiger partial charge >= 0.3 is 6.03 Å². The topological polar surface area (TPSA) is 61.9 Å². The maximum Gasteiger partial charge on any atom is 0.322 e. The third kappa shape index (κ3) is 7.13. The van der Waals surface area contributed by atoms with Crippen molar-refractivity contribution in [3.8, 4) is 0 Å². The molecule has 0 bridgehead atoms. The number of hydrogen-bond donors (Lipinski definition) is 1. The number of carbonyl (C=O) groups excluding carboxylic acids is 2. The molecule has 1 unspecified atom stereocenters. The first-order chi connectivity index (χ1) is 17.0. The van der Waals surface area contributed by atoms with Crippen LogP contribution in [-0.4, -0.2) is 47.5 Å². The van der Waals surface area contributed by atoms with Crippen LogP contribution in [-0.2, 0) is 22.6 Å². The number of nitrogens with zero attached hydrogens (tertiary/aromatic N) is 2. The highest BCUT2D eigenvalue weighted by molar-refractivity contribution is 7.11. The lowest BCUT2D eigenvalue weighted by atomic mass is 10.2. The number of amides is 3. The Kier molecular flexibility index (Phi) is 8.50. The lowest BCUT2D eigenvalue weighted by molar-refractivity contribution is -0.133. The predicted molar refractivity (Wildman–Crippen MR) is 136 cm³/mol. The number of anilines is 1. The molecular weight excluding hydrogens is 465 g/mol. The first-order valence-electron chi connectivity index (χ1n) is 11.8. The number of thiophene rings is 1. The van der Waals surface area contributed by atoms with Crippen molar-refractivity contribution in [1.82, 2.24) is 9.80 Å². The molecule has 1 aliphatic heterocycles. The number of benzene rings is 2. The molecule has 1 aromatic heterocycles. The largest absolute Gasteiger partial charge is 0.376 e. The molecule has 0 spiro atoms. The summed E-state index contributed by atoms with van der Waals surface area (Å²) in [5, 5.41) is 2.62. The van der Waals surface area contributed by atoms with E-state index in [2.05, 4.69) is 5.32 Å². The summed E-state index contributed by atoms with van der Waals surface area (Å²) in [6, 6.07) is 19.3. The molecule has 1 saturated heterocycles. The minimum absolute atomic E-state index is 0.0810. The number of halogens is 1. The molecule has 6 nitrogen and oxygen atoms in total. The van der Waals surface area contributed by atoms with Crippen molar-refractivity contribution in [2.75, 3.05) is 25.0 Å². The number of urea groups is 1. The van der Waals surface area contributed by atoms with Gasteiger partial charge in [-0.05, 0) is 49.6 Å². The van der Waals surface area contributed by atoms with Gasteiger partial charge in [-0.2, -0.15) is 0 Å². The molecule has 0 radical (unpaired) electrons. The molecule has 1 fully saturated rings. The minimum atomic E-state index is -0.525. The second-order valence-corrected chi connectivity index (χ2v) is 10.0. The number of aryl methyl sites for hydroxylation is 1. The number of carbonyl (C=O) groups is 2. The van der Waals surface area contributed by atoms with Crippen LogP contribution in [0.2, 0.25) is 0 Å². The Hall–Kier alpha value is -3.23. The van der Waals surface area contributed by atoms with Crippen LogP contribution >= 0.6 is 11.3 Å². The smallest absolute Gasteiger partial charge is 0.322 e. The van der Waals surface area contributed by atoms with Crippen molar-refractivity contribution < 1.29 is 18.7 Å². The van der Waals surface area contributed by atoms with Gasteiger partial charge in [0, 0.05) is 29.5 Å². The standard InChI is InChI=1S/C27H30FN3O3S/c1-20-13-14-23(35-20)18-30(16-21-8-3-2-4-9-21)26(32)19-31(17-22-10-7-15-34-22)27(33)29-25-12-6-5-11-24(25)28/h2-6,8-9,11-14,22H,7,10,15-19H2,1H3,(H,29,33). The van der Waals surface area contributed by atoms with Crippen molar-refractivity contribution in [2.24, 2.45) is 0 Å². The number of ether oxygens (including phenoxy) is 1. The highest BCUT2D eigenvalue weighted by Crippen LogP contribution is 2.20. The molecule has 0 aliphatic carbocycles. The van der Waals surface area contributed by atoms with Gasteiger partial charge in [-0.3, -0.25) is 4.79 Å². The molecule has 3 aromatic rings. The summed E-state index contributed by atoms with van der Waals surface area (Å²) in [5.74, 6) is -0.704. The molecule has 2 heterocycles. The average molecular weight is 496 g/mol. The van der Waals surface area contributed by atoms with E-state index in [1.54, 1.807) is 28.4 Å². The second kappa shape index (κ2) is 12.0. The van der Waals surface area contributed by atoms with Crippen LogP contribution in [0.15, 0.2) is 66.7 Å². The van der Waals surface area contributed by atoms with Gasteiger partial charge in [0.2, 0.25) is 5.91 Å². The third-order valence-corrected chi connectivity index (χ3v) is 6.87. The van der Waals surface area contributed by atoms with Crippen LogP contribution in [0.1, 0.15) is 28.2 Å². The first-order valence-corrected chi connectivity index (χ1v) is 12.6. The number of rotatable bonds is 9. The molecule has 35 heavy (non-hydrogen) atoms. The van der Waals surface area contributed by atoms with E-state index < -0.39 is 11.8 Å². The highest BCUT2D eigenvalue weighted by atomic mass is 32.1. The molecule has 184 valence electrons. The number of para-hydroxylation sites is 1. The summed E-state index contributed by atoms with van der Waals surface area (Å²) >= 11 is 1.65. The van der Waals surface area contributed by atoms with Gasteiger partial charge in [-0.1, -0.05) is 42.5 Å². The Morgan fingerprint density at radius 3 is 2.49 bits per heavy atom. The van der Waals surface area contributed by atoms with E-state index in [-0.39, 0.29) is 30.8 Å². The second-order valence-electron chi connectivity index (χ2n) is 8.67. The van der Waals surface area contributed by atoms with E-state index in [1.165, 1.54) is 21.9 Å². The molecule has 8 heteroatoms. The lowest BCUT2D eigenvalue weighted by Gasteiger charge is -2.29. The maximum absolute atomic E-state index is 14.2. The van der Waals surface area contributed by atoms with Crippen LogP contribution in [0.4, 0.5) is 14.9 Å². The minimum Gasteiger partial charge on any atom is -0.376 e. The summed E-state index contributed by atoms with van der Waals surface area (Å²) in [7, 11) is 0. The molecule has 1 aliphatic rings. The van der Waals surface area contributed by atoms with Crippen molar-refractivity contribution in [2.45, 2.75) is 39.0 Å². The fourth-order valence-corrected chi connectivity index (χ4v) is 4.97. The van der Waals surface area contributed by atoms with E-state index in [0.717, 1.165) is 23.3 Å². The van der Waals surface area contributed by atoms with Crippen molar-refractivity contribution >= 4 is 29.0 Å². The normalized spacial score (nSPS) is 15.1. The van der Waals surface area contributed by atoms with E-state index in [9.17, 15) is 14.0 Å². The molecule has 4 rings (SSSR count). The highest BCUT2D eigenvalue weighted by Gasteiger charge is 2.27. The molecule has 3 amide bonds. The predicted octanol–water partition coefficient (Wildman–Crippen LogP) is 5.44. The summed E-state index contributed by atoms with van der Waals surface area (Å²) in [6.07, 6.45) is 1.59. The van der Waals surface area contributed by atoms with Crippen LogP contribution in [0.25, 0.3) is 0 Å². The van der Waals surface area contributed by atoms with Crippen molar-refractivity contribution in [3.05, 3.63) is 87.9 Å². The molecule has 0 saturated carbocycles. The van der Waals surface area contributed by atoms with E-state index in [0.29, 0.717) is 19.7 Å². The summed E-state index contributed by atoms with van der Waals surface area (Å²) in [6.45, 7) is 3.70. The quantitative estimate of drug-likeness (QED) is 0.430. The Labute approximate surface area is 209 Å². The van der Waals surface area contributed by atoms with Crippen LogP contribution in [0.3, 0.4) is 0 Å². The Bertz CT molecular complexity index is 1130. The Balaban J connectivity index is 1.52. The van der Waals surface area contributed by atoms with Gasteiger partial charge < -0.3 is 19.9 Å². The van der Waals surface area contributed by atoms with Gasteiger partial charge in [-0.15, -0.1) is 11.3 Å². The van der Waals surface area contributed by atoms with Crippen LogP contribution in [0.5, 0.6) is 0 Å². The van der Waals surface area contributed by atoms with E-state index in [1.807, 2.05) is 49.4 Å². The lowest BCUT2D eigenvalue weighted by Crippen LogP contribution is -2.46. The summed E-state index contributed by atoms with van der Waals surface area (Å²) < 4.78 is 19.9. The summed E-state index contributed by atoms with van der Waals surface area (Å²) in [4.78, 5) is 32.2. The Morgan fingerprint density at radius 2 is 1.80 bits per heavy atom. The molecular formula is C27H30FN3O3S. The fourth-order valence-electron chi connectivity index (χ4n) is 4.07. The SMILES string of the molecule is Cc1ccc(CN(Cc2ccccc2)C(=O)CN(CC2CCCO2)C(=O)Nc2ccccc2F)s1. The molecule has 1 atom stereocenters. The van der Waals surface area contributed by atoms with Crippen LogP contribution < -0.4 is 5.32 Å². The number of hydrogen-bond acceptors (Lipinski definition) is 4. The van der Waals surface area contributed by atoms with Gasteiger partial charge in [0.25, 0.3) is 0 Å². The zero-order valence-corrected chi connectivity index (χ0v) is 20.6. The van der Waals surface area contributed by atoms with Crippen molar-refractivity contribution in [3.63, 3.8) is 0 Å². The zero-order chi connectivity index (χ0) is 24.6. The van der Waals surface area contributed by atoms with E-state index >= 15 is 0 Å². The van der Waals surface area contributed by atoms with Gasteiger partial charge in [-0.25, -0.2) is 9.18 Å². The van der Waals surface area contributed by atoms with E-state index in [4.69, 9.17) is 4.74 Å². The van der Waals surface area contributed by atoms with Gasteiger partial charge in [0.1, 0.15) is 12.4 Å². The number of nitrogens with one attached hydrogen (secondary N) is 1. The molecule has 1 N–H and O–H groups in total. The monoisotopic (exact) mass is 495 g/mol. The van der Waals surface area contributed by atoms with Gasteiger partial charge in [0.05, 0.1) is 18.3 Å². The molecule has 2 aromatic carbocycles.